The van der Waals surface area contributed by atoms with E-state index in [9.17, 15) is 9.90 Å². The number of rotatable bonds is 2. The van der Waals surface area contributed by atoms with Gasteiger partial charge in [0.05, 0.1) is 22.7 Å². The van der Waals surface area contributed by atoms with Crippen LogP contribution in [0.15, 0.2) is 30.3 Å². The molecule has 1 spiro atoms. The van der Waals surface area contributed by atoms with Crippen LogP contribution >= 0.6 is 0 Å². The third-order valence-corrected chi connectivity index (χ3v) is 7.14. The van der Waals surface area contributed by atoms with Gasteiger partial charge in [0.25, 0.3) is 5.91 Å². The summed E-state index contributed by atoms with van der Waals surface area (Å²) < 4.78 is 0. The fourth-order valence-corrected chi connectivity index (χ4v) is 5.47. The van der Waals surface area contributed by atoms with Gasteiger partial charge < -0.3 is 15.3 Å². The number of hydrogen-bond donors (Lipinski definition) is 3. The number of aromatic hydroxyl groups is 1. The molecular weight excluding hydrogens is 354 g/mol. The fourth-order valence-electron chi connectivity index (χ4n) is 5.47. The van der Waals surface area contributed by atoms with Crippen molar-refractivity contribution in [3.63, 3.8) is 0 Å². The Bertz CT molecular complexity index is 1140. The molecule has 4 unspecified atom stereocenters. The van der Waals surface area contributed by atoms with Crippen LogP contribution in [0.2, 0.25) is 0 Å². The van der Waals surface area contributed by atoms with Crippen LogP contribution in [0.25, 0.3) is 22.3 Å². The number of carbonyl (C=O) groups excluding carboxylic acids is 1. The maximum Gasteiger partial charge on any atom is 0.255 e. The van der Waals surface area contributed by atoms with Gasteiger partial charge in [-0.3, -0.25) is 9.89 Å². The lowest BCUT2D eigenvalue weighted by Gasteiger charge is -2.42. The summed E-state index contributed by atoms with van der Waals surface area (Å²) in [6.45, 7) is 5.88. The molecule has 7 heteroatoms. The lowest BCUT2D eigenvalue weighted by molar-refractivity contribution is 0.0581. The first-order valence-electron chi connectivity index (χ1n) is 9.72. The van der Waals surface area contributed by atoms with Crippen molar-refractivity contribution in [3.05, 3.63) is 41.6 Å². The van der Waals surface area contributed by atoms with Gasteiger partial charge in [0.2, 0.25) is 0 Å². The van der Waals surface area contributed by atoms with Crippen molar-refractivity contribution in [2.24, 2.45) is 11.8 Å². The highest BCUT2D eigenvalue weighted by Crippen LogP contribution is 2.62. The molecule has 2 aliphatic heterocycles. The van der Waals surface area contributed by atoms with Crippen LogP contribution in [0.1, 0.15) is 23.0 Å². The Morgan fingerprint density at radius 2 is 2.11 bits per heavy atom. The fraction of sp³-hybridized carbons (Fsp3) is 0.381. The van der Waals surface area contributed by atoms with Gasteiger partial charge in [0, 0.05) is 35.8 Å². The molecule has 6 rings (SSSR count). The zero-order chi connectivity index (χ0) is 19.2. The maximum absolute atomic E-state index is 13.6. The molecule has 1 saturated carbocycles. The summed E-state index contributed by atoms with van der Waals surface area (Å²) in [4.78, 5) is 20.3. The minimum atomic E-state index is 0.0576. The molecule has 4 atom stereocenters. The molecule has 3 N–H and O–H groups in total. The number of nitrogens with zero attached hydrogens (tertiary/aromatic N) is 3. The maximum atomic E-state index is 13.6. The second-order valence-corrected chi connectivity index (χ2v) is 8.33. The van der Waals surface area contributed by atoms with E-state index < -0.39 is 0 Å². The van der Waals surface area contributed by atoms with Crippen molar-refractivity contribution in [2.45, 2.75) is 25.4 Å². The summed E-state index contributed by atoms with van der Waals surface area (Å²) in [5.74, 6) is 1.47. The van der Waals surface area contributed by atoms with Gasteiger partial charge >= 0.3 is 0 Å². The zero-order valence-electron chi connectivity index (χ0n) is 15.7. The van der Waals surface area contributed by atoms with Gasteiger partial charge in [-0.05, 0) is 43.2 Å². The first-order valence-corrected chi connectivity index (χ1v) is 9.72. The Kier molecular flexibility index (Phi) is 2.93. The standard InChI is InChI=1S/C21H21N5O2/c1-10-15-9-26(17-8-22-21(10,15)17)20(28)14-7-16(12-3-5-13(27)6-4-12)23-19-18(14)11(2)24-25-19/h3-7,10,15,17,22,27H,8-9H2,1-2H3,(H,23,24,25). The third-order valence-electron chi connectivity index (χ3n) is 7.14. The number of phenols is 1. The SMILES string of the molecule is Cc1[nH]nc2nc(-c3ccc(O)cc3)cc(C(=O)N3CC4C(C)C45NCC35)c12. The Hall–Kier alpha value is -2.93. The Morgan fingerprint density at radius 1 is 1.32 bits per heavy atom. The normalized spacial score (nSPS) is 30.1. The number of pyridine rings is 1. The lowest BCUT2D eigenvalue weighted by atomic mass is 9.94. The van der Waals surface area contributed by atoms with E-state index in [0.717, 1.165) is 29.7 Å². The smallest absolute Gasteiger partial charge is 0.255 e. The number of benzene rings is 1. The van der Waals surface area contributed by atoms with E-state index in [-0.39, 0.29) is 23.2 Å². The van der Waals surface area contributed by atoms with Crippen molar-refractivity contribution in [3.8, 4) is 17.0 Å². The molecule has 28 heavy (non-hydrogen) atoms. The molecule has 0 radical (unpaired) electrons. The summed E-state index contributed by atoms with van der Waals surface area (Å²) in [5.41, 5.74) is 3.73. The van der Waals surface area contributed by atoms with Crippen LogP contribution in [0.5, 0.6) is 5.75 Å². The first-order chi connectivity index (χ1) is 13.5. The molecule has 2 saturated heterocycles. The molecule has 1 amide bonds. The number of aromatic nitrogens is 3. The van der Waals surface area contributed by atoms with E-state index in [1.165, 1.54) is 0 Å². The first kappa shape index (κ1) is 16.1. The number of aromatic amines is 1. The van der Waals surface area contributed by atoms with Crippen LogP contribution in [0, 0.1) is 18.8 Å². The summed E-state index contributed by atoms with van der Waals surface area (Å²) in [7, 11) is 0. The molecule has 0 bridgehead atoms. The average Bonchev–Trinajstić information content (AvgIpc) is 2.97. The average molecular weight is 375 g/mol. The van der Waals surface area contributed by atoms with Gasteiger partial charge in [-0.1, -0.05) is 6.92 Å². The quantitative estimate of drug-likeness (QED) is 0.638. The number of H-pyrrole nitrogens is 1. The van der Waals surface area contributed by atoms with Crippen LogP contribution in [-0.4, -0.2) is 55.8 Å². The predicted octanol–water partition coefficient (Wildman–Crippen LogP) is 2.07. The minimum Gasteiger partial charge on any atom is -0.508 e. The highest BCUT2D eigenvalue weighted by molar-refractivity contribution is 6.07. The van der Waals surface area contributed by atoms with E-state index in [4.69, 9.17) is 0 Å². The molecule has 1 aromatic carbocycles. The monoisotopic (exact) mass is 375 g/mol. The molecule has 4 heterocycles. The summed E-state index contributed by atoms with van der Waals surface area (Å²) in [5, 5.41) is 21.2. The molecule has 3 fully saturated rings. The minimum absolute atomic E-state index is 0.0576. The third kappa shape index (κ3) is 1.84. The number of likely N-dealkylation sites (tertiary alicyclic amines) is 1. The summed E-state index contributed by atoms with van der Waals surface area (Å²) in [6, 6.07) is 9.00. The Balaban J connectivity index is 1.46. The van der Waals surface area contributed by atoms with Gasteiger partial charge in [-0.25, -0.2) is 4.98 Å². The van der Waals surface area contributed by atoms with E-state index in [2.05, 4.69) is 27.4 Å². The van der Waals surface area contributed by atoms with Gasteiger partial charge in [-0.15, -0.1) is 0 Å². The predicted molar refractivity (Wildman–Crippen MR) is 104 cm³/mol. The van der Waals surface area contributed by atoms with Crippen molar-refractivity contribution < 1.29 is 9.90 Å². The van der Waals surface area contributed by atoms with Crippen LogP contribution in [-0.2, 0) is 0 Å². The second kappa shape index (κ2) is 5.11. The van der Waals surface area contributed by atoms with E-state index in [0.29, 0.717) is 28.7 Å². The summed E-state index contributed by atoms with van der Waals surface area (Å²) in [6.07, 6.45) is 0. The zero-order valence-corrected chi connectivity index (χ0v) is 15.7. The molecule has 1 aliphatic carbocycles. The Morgan fingerprint density at radius 3 is 2.79 bits per heavy atom. The number of amides is 1. The largest absolute Gasteiger partial charge is 0.508 e. The van der Waals surface area contributed by atoms with Crippen molar-refractivity contribution in [1.82, 2.24) is 25.4 Å². The summed E-state index contributed by atoms with van der Waals surface area (Å²) >= 11 is 0. The number of nitrogens with one attached hydrogen (secondary N) is 2. The number of piperidine rings is 1. The highest BCUT2D eigenvalue weighted by Gasteiger charge is 2.76. The van der Waals surface area contributed by atoms with Crippen LogP contribution in [0.4, 0.5) is 0 Å². The number of phenolic OH excluding ortho intramolecular Hbond substituents is 1. The lowest BCUT2D eigenvalue weighted by Crippen LogP contribution is -2.66. The number of fused-ring (bicyclic) bond motifs is 1. The van der Waals surface area contributed by atoms with E-state index in [1.807, 2.05) is 17.9 Å². The molecule has 3 aliphatic rings. The highest BCUT2D eigenvalue weighted by atomic mass is 16.3. The van der Waals surface area contributed by atoms with Gasteiger partial charge in [0.1, 0.15) is 5.75 Å². The number of carbonyl (C=O) groups is 1. The molecule has 142 valence electrons. The molecule has 2 aromatic heterocycles. The molecular formula is C21H21N5O2. The van der Waals surface area contributed by atoms with Gasteiger partial charge in [-0.2, -0.15) is 5.10 Å². The van der Waals surface area contributed by atoms with Gasteiger partial charge in [0.15, 0.2) is 5.65 Å². The number of aryl methyl sites for hydroxylation is 1. The van der Waals surface area contributed by atoms with Crippen molar-refractivity contribution >= 4 is 16.9 Å². The Labute approximate surface area is 161 Å². The topological polar surface area (TPSA) is 94.1 Å². The van der Waals surface area contributed by atoms with Crippen molar-refractivity contribution in [2.75, 3.05) is 13.1 Å². The van der Waals surface area contributed by atoms with Crippen LogP contribution in [0.3, 0.4) is 0 Å². The van der Waals surface area contributed by atoms with E-state index >= 15 is 0 Å². The second-order valence-electron chi connectivity index (χ2n) is 8.33. The molecule has 3 aromatic rings. The number of hydrogen-bond acceptors (Lipinski definition) is 5. The molecule has 7 nitrogen and oxygen atoms in total. The van der Waals surface area contributed by atoms with E-state index in [1.54, 1.807) is 24.3 Å². The van der Waals surface area contributed by atoms with Crippen LogP contribution < -0.4 is 5.32 Å². The van der Waals surface area contributed by atoms with Crippen molar-refractivity contribution in [1.29, 1.82) is 0 Å².